The molecule has 1 aromatic carbocycles. The average molecular weight is 230 g/mol. The second-order valence-corrected chi connectivity index (χ2v) is 3.35. The van der Waals surface area contributed by atoms with Gasteiger partial charge in [-0.3, -0.25) is 4.79 Å². The van der Waals surface area contributed by atoms with Gasteiger partial charge in [-0.05, 0) is 17.7 Å². The highest BCUT2D eigenvalue weighted by Crippen LogP contribution is 2.32. The number of hydrogen-bond acceptors (Lipinski definition) is 3. The van der Waals surface area contributed by atoms with Gasteiger partial charge in [-0.25, -0.2) is 0 Å². The summed E-state index contributed by atoms with van der Waals surface area (Å²) >= 11 is 0. The number of carbonyl (C=O) groups is 1. The van der Waals surface area contributed by atoms with Crippen LogP contribution < -0.4 is 4.74 Å². The van der Waals surface area contributed by atoms with Gasteiger partial charge in [0.2, 0.25) is 5.78 Å². The Balaban J connectivity index is 2.96. The van der Waals surface area contributed by atoms with Crippen LogP contribution in [-0.2, 0) is 4.79 Å². The number of carbonyl (C=O) groups excluding carboxylic acids is 1. The number of ether oxygens (including phenoxy) is 1. The Bertz CT molecular complexity index is 373. The number of rotatable bonds is 4. The first-order valence-corrected chi connectivity index (χ1v) is 4.60. The largest absolute Gasteiger partial charge is 0.497 e. The predicted octanol–water partition coefficient (Wildman–Crippen LogP) is 1.95. The molecular formula is C11H12F2O3. The molecule has 0 bridgehead atoms. The maximum absolute atomic E-state index is 13.2. The zero-order valence-corrected chi connectivity index (χ0v) is 8.91. The van der Waals surface area contributed by atoms with Crippen LogP contribution in [0.2, 0.25) is 0 Å². The van der Waals surface area contributed by atoms with Gasteiger partial charge in [-0.15, -0.1) is 0 Å². The SMILES string of the molecule is COc1ccc([C@H](O)C(F)(F)C(C)=O)cc1. The van der Waals surface area contributed by atoms with Crippen LogP contribution in [0.25, 0.3) is 0 Å². The van der Waals surface area contributed by atoms with Crippen LogP contribution in [0.5, 0.6) is 5.75 Å². The molecule has 16 heavy (non-hydrogen) atoms. The molecule has 0 aliphatic rings. The smallest absolute Gasteiger partial charge is 0.334 e. The normalized spacial score (nSPS) is 13.3. The van der Waals surface area contributed by atoms with Crippen molar-refractivity contribution < 1.29 is 23.4 Å². The molecule has 0 aliphatic carbocycles. The monoisotopic (exact) mass is 230 g/mol. The number of alkyl halides is 2. The van der Waals surface area contributed by atoms with Crippen molar-refractivity contribution in [2.24, 2.45) is 0 Å². The summed E-state index contributed by atoms with van der Waals surface area (Å²) in [6.45, 7) is 0.743. The molecule has 0 saturated carbocycles. The van der Waals surface area contributed by atoms with Gasteiger partial charge in [0.05, 0.1) is 7.11 Å². The van der Waals surface area contributed by atoms with Gasteiger partial charge >= 0.3 is 5.92 Å². The standard InChI is InChI=1S/C11H12F2O3/c1-7(14)11(12,13)10(15)8-3-5-9(16-2)6-4-8/h3-6,10,15H,1-2H3/t10-/m0/s1. The molecule has 0 aliphatic heterocycles. The number of aliphatic hydroxyl groups excluding tert-OH is 1. The molecule has 1 rings (SSSR count). The van der Waals surface area contributed by atoms with Gasteiger partial charge in [-0.1, -0.05) is 12.1 Å². The fraction of sp³-hybridized carbons (Fsp3) is 0.364. The molecule has 0 spiro atoms. The highest BCUT2D eigenvalue weighted by molar-refractivity contribution is 5.84. The lowest BCUT2D eigenvalue weighted by Gasteiger charge is -2.20. The minimum Gasteiger partial charge on any atom is -0.497 e. The third-order valence-corrected chi connectivity index (χ3v) is 2.24. The third kappa shape index (κ3) is 2.36. The molecule has 5 heteroatoms. The van der Waals surface area contributed by atoms with E-state index in [4.69, 9.17) is 4.74 Å². The van der Waals surface area contributed by atoms with Crippen molar-refractivity contribution in [1.29, 1.82) is 0 Å². The lowest BCUT2D eigenvalue weighted by atomic mass is 10.0. The van der Waals surface area contributed by atoms with Gasteiger partial charge < -0.3 is 9.84 Å². The lowest BCUT2D eigenvalue weighted by Crippen LogP contribution is -2.33. The number of halogens is 2. The highest BCUT2D eigenvalue weighted by atomic mass is 19.3. The molecule has 0 amide bonds. The summed E-state index contributed by atoms with van der Waals surface area (Å²) in [6, 6.07) is 5.46. The first-order chi connectivity index (χ1) is 7.39. The average Bonchev–Trinajstić information content (AvgIpc) is 2.28. The van der Waals surface area contributed by atoms with Crippen molar-refractivity contribution in [3.63, 3.8) is 0 Å². The van der Waals surface area contributed by atoms with Gasteiger partial charge in [0.25, 0.3) is 0 Å². The number of benzene rings is 1. The van der Waals surface area contributed by atoms with Gasteiger partial charge in [0, 0.05) is 6.92 Å². The topological polar surface area (TPSA) is 46.5 Å². The van der Waals surface area contributed by atoms with E-state index >= 15 is 0 Å². The van der Waals surface area contributed by atoms with Crippen molar-refractivity contribution >= 4 is 5.78 Å². The van der Waals surface area contributed by atoms with E-state index in [0.29, 0.717) is 5.75 Å². The molecule has 0 fully saturated rings. The van der Waals surface area contributed by atoms with E-state index < -0.39 is 17.8 Å². The van der Waals surface area contributed by atoms with E-state index in [0.717, 1.165) is 6.92 Å². The van der Waals surface area contributed by atoms with Crippen LogP contribution in [0.3, 0.4) is 0 Å². The molecule has 1 aromatic rings. The summed E-state index contributed by atoms with van der Waals surface area (Å²) in [5.74, 6) is -4.65. The number of Topliss-reactive ketones (excluding diaryl/α,β-unsaturated/α-hetero) is 1. The predicted molar refractivity (Wildman–Crippen MR) is 53.6 cm³/mol. The first kappa shape index (κ1) is 12.6. The van der Waals surface area contributed by atoms with E-state index in [1.54, 1.807) is 0 Å². The van der Waals surface area contributed by atoms with Gasteiger partial charge in [0.15, 0.2) is 0 Å². The van der Waals surface area contributed by atoms with Crippen molar-refractivity contribution in [1.82, 2.24) is 0 Å². The molecule has 3 nitrogen and oxygen atoms in total. The lowest BCUT2D eigenvalue weighted by molar-refractivity contribution is -0.159. The number of methoxy groups -OCH3 is 1. The molecule has 0 radical (unpaired) electrons. The minimum absolute atomic E-state index is 0.0269. The number of aliphatic hydroxyl groups is 1. The number of ketones is 1. The van der Waals surface area contributed by atoms with Crippen molar-refractivity contribution in [3.05, 3.63) is 29.8 Å². The van der Waals surface area contributed by atoms with E-state index in [-0.39, 0.29) is 5.56 Å². The summed E-state index contributed by atoms with van der Waals surface area (Å²) < 4.78 is 31.2. The second kappa shape index (κ2) is 4.57. The Morgan fingerprint density at radius 2 is 1.88 bits per heavy atom. The molecular weight excluding hydrogens is 218 g/mol. The Morgan fingerprint density at radius 1 is 1.38 bits per heavy atom. The Morgan fingerprint density at radius 3 is 2.25 bits per heavy atom. The van der Waals surface area contributed by atoms with Gasteiger partial charge in [-0.2, -0.15) is 8.78 Å². The molecule has 1 atom stereocenters. The summed E-state index contributed by atoms with van der Waals surface area (Å²) in [7, 11) is 1.44. The van der Waals surface area contributed by atoms with Crippen LogP contribution >= 0.6 is 0 Å². The second-order valence-electron chi connectivity index (χ2n) is 3.35. The first-order valence-electron chi connectivity index (χ1n) is 4.60. The summed E-state index contributed by atoms with van der Waals surface area (Å²) in [4.78, 5) is 10.7. The van der Waals surface area contributed by atoms with E-state index in [9.17, 15) is 18.7 Å². The summed E-state index contributed by atoms with van der Waals surface area (Å²) in [6.07, 6.45) is -2.13. The maximum atomic E-state index is 13.2. The molecule has 0 saturated heterocycles. The zero-order valence-electron chi connectivity index (χ0n) is 8.91. The zero-order chi connectivity index (χ0) is 12.3. The molecule has 0 unspecified atom stereocenters. The fourth-order valence-electron chi connectivity index (χ4n) is 1.19. The summed E-state index contributed by atoms with van der Waals surface area (Å²) in [5.41, 5.74) is -0.0269. The van der Waals surface area contributed by atoms with Crippen LogP contribution in [0.1, 0.15) is 18.6 Å². The summed E-state index contributed by atoms with van der Waals surface area (Å²) in [5, 5.41) is 9.37. The number of hydrogen-bond donors (Lipinski definition) is 1. The third-order valence-electron chi connectivity index (χ3n) is 2.24. The maximum Gasteiger partial charge on any atom is 0.334 e. The van der Waals surface area contributed by atoms with Crippen molar-refractivity contribution in [2.75, 3.05) is 7.11 Å². The quantitative estimate of drug-likeness (QED) is 0.859. The Kier molecular flexibility index (Phi) is 3.59. The van der Waals surface area contributed by atoms with Crippen LogP contribution in [-0.4, -0.2) is 23.9 Å². The highest BCUT2D eigenvalue weighted by Gasteiger charge is 2.44. The Labute approximate surface area is 91.7 Å². The van der Waals surface area contributed by atoms with Crippen molar-refractivity contribution in [2.45, 2.75) is 19.0 Å². The molecule has 0 heterocycles. The fourth-order valence-corrected chi connectivity index (χ4v) is 1.19. The van der Waals surface area contributed by atoms with Crippen LogP contribution in [0.15, 0.2) is 24.3 Å². The molecule has 88 valence electrons. The van der Waals surface area contributed by atoms with E-state index in [1.165, 1.54) is 31.4 Å². The minimum atomic E-state index is -3.77. The van der Waals surface area contributed by atoms with Crippen molar-refractivity contribution in [3.8, 4) is 5.75 Å². The Hall–Kier alpha value is -1.49. The van der Waals surface area contributed by atoms with Crippen LogP contribution in [0.4, 0.5) is 8.78 Å². The molecule has 0 aromatic heterocycles. The van der Waals surface area contributed by atoms with Gasteiger partial charge in [0.1, 0.15) is 11.9 Å². The van der Waals surface area contributed by atoms with E-state index in [1.807, 2.05) is 0 Å². The molecule has 1 N–H and O–H groups in total. The van der Waals surface area contributed by atoms with E-state index in [2.05, 4.69) is 0 Å². The van der Waals surface area contributed by atoms with Crippen LogP contribution in [0, 0.1) is 0 Å².